The van der Waals surface area contributed by atoms with E-state index in [1.54, 1.807) is 17.4 Å². The standard InChI is InChI=1S/C16H20FN3OS/c1-3-18-16(20(2)10-13-6-7-22-11-13)19-9-12-4-5-15(21)14(17)8-12/h4-8,11,21H,3,9-10H2,1-2H3,(H,18,19). The van der Waals surface area contributed by atoms with E-state index in [-0.39, 0.29) is 5.75 Å². The summed E-state index contributed by atoms with van der Waals surface area (Å²) in [4.78, 5) is 6.55. The molecule has 0 aliphatic heterocycles. The number of thiophene rings is 1. The van der Waals surface area contributed by atoms with Crippen molar-refractivity contribution >= 4 is 17.3 Å². The molecule has 0 aliphatic rings. The van der Waals surface area contributed by atoms with Crippen LogP contribution in [0, 0.1) is 5.82 Å². The Balaban J connectivity index is 2.06. The van der Waals surface area contributed by atoms with Gasteiger partial charge in [-0.25, -0.2) is 9.38 Å². The molecule has 2 N–H and O–H groups in total. The Kier molecular flexibility index (Phi) is 5.77. The van der Waals surface area contributed by atoms with Gasteiger partial charge in [0.2, 0.25) is 0 Å². The topological polar surface area (TPSA) is 47.9 Å². The third-order valence-electron chi connectivity index (χ3n) is 3.12. The Labute approximate surface area is 133 Å². The van der Waals surface area contributed by atoms with Crippen LogP contribution in [0.25, 0.3) is 0 Å². The molecule has 1 aromatic carbocycles. The number of halogens is 1. The molecule has 0 radical (unpaired) electrons. The van der Waals surface area contributed by atoms with Crippen molar-refractivity contribution in [1.29, 1.82) is 0 Å². The van der Waals surface area contributed by atoms with E-state index in [2.05, 4.69) is 21.8 Å². The molecule has 2 rings (SSSR count). The van der Waals surface area contributed by atoms with Crippen LogP contribution in [0.1, 0.15) is 18.1 Å². The van der Waals surface area contributed by atoms with E-state index < -0.39 is 5.82 Å². The average molecular weight is 321 g/mol. The number of phenols is 1. The molecule has 4 nitrogen and oxygen atoms in total. The third kappa shape index (κ3) is 4.46. The van der Waals surface area contributed by atoms with Gasteiger partial charge in [0, 0.05) is 20.1 Å². The normalized spacial score (nSPS) is 11.5. The lowest BCUT2D eigenvalue weighted by Crippen LogP contribution is -2.38. The first-order valence-corrected chi connectivity index (χ1v) is 8.02. The van der Waals surface area contributed by atoms with Gasteiger partial charge in [-0.3, -0.25) is 0 Å². The van der Waals surface area contributed by atoms with Crippen LogP contribution >= 0.6 is 11.3 Å². The lowest BCUT2D eigenvalue weighted by atomic mass is 10.2. The van der Waals surface area contributed by atoms with Gasteiger partial charge in [0.15, 0.2) is 17.5 Å². The van der Waals surface area contributed by atoms with Gasteiger partial charge < -0.3 is 15.3 Å². The van der Waals surface area contributed by atoms with Gasteiger partial charge in [-0.1, -0.05) is 6.07 Å². The lowest BCUT2D eigenvalue weighted by Gasteiger charge is -2.21. The molecule has 0 aliphatic carbocycles. The highest BCUT2D eigenvalue weighted by Crippen LogP contribution is 2.16. The maximum absolute atomic E-state index is 13.3. The fourth-order valence-corrected chi connectivity index (χ4v) is 2.68. The zero-order valence-corrected chi connectivity index (χ0v) is 13.5. The van der Waals surface area contributed by atoms with E-state index in [1.165, 1.54) is 17.7 Å². The molecule has 1 heterocycles. The van der Waals surface area contributed by atoms with Gasteiger partial charge in [0.05, 0.1) is 6.54 Å². The number of aliphatic imine (C=N–C) groups is 1. The Morgan fingerprint density at radius 1 is 1.36 bits per heavy atom. The predicted molar refractivity (Wildman–Crippen MR) is 88.7 cm³/mol. The quantitative estimate of drug-likeness (QED) is 0.657. The van der Waals surface area contributed by atoms with Crippen LogP contribution in [0.3, 0.4) is 0 Å². The number of guanidine groups is 1. The summed E-state index contributed by atoms with van der Waals surface area (Å²) in [6.07, 6.45) is 0. The number of benzene rings is 1. The van der Waals surface area contributed by atoms with Crippen molar-refractivity contribution in [3.8, 4) is 5.75 Å². The van der Waals surface area contributed by atoms with Crippen LogP contribution in [0.4, 0.5) is 4.39 Å². The van der Waals surface area contributed by atoms with E-state index in [4.69, 9.17) is 0 Å². The smallest absolute Gasteiger partial charge is 0.194 e. The van der Waals surface area contributed by atoms with Crippen molar-refractivity contribution in [2.75, 3.05) is 13.6 Å². The summed E-state index contributed by atoms with van der Waals surface area (Å²) >= 11 is 1.67. The number of aromatic hydroxyl groups is 1. The molecule has 0 spiro atoms. The first-order chi connectivity index (χ1) is 10.6. The highest BCUT2D eigenvalue weighted by molar-refractivity contribution is 7.07. The summed E-state index contributed by atoms with van der Waals surface area (Å²) in [5.74, 6) is -0.194. The Morgan fingerprint density at radius 2 is 2.18 bits per heavy atom. The summed E-state index contributed by atoms with van der Waals surface area (Å²) in [6.45, 7) is 3.89. The number of hydrogen-bond donors (Lipinski definition) is 2. The van der Waals surface area contributed by atoms with E-state index in [1.807, 2.05) is 24.3 Å². The van der Waals surface area contributed by atoms with Crippen molar-refractivity contribution in [3.63, 3.8) is 0 Å². The van der Waals surface area contributed by atoms with Crippen molar-refractivity contribution in [2.45, 2.75) is 20.0 Å². The Bertz CT molecular complexity index is 628. The van der Waals surface area contributed by atoms with Crippen molar-refractivity contribution < 1.29 is 9.50 Å². The maximum atomic E-state index is 13.3. The van der Waals surface area contributed by atoms with Crippen molar-refractivity contribution in [2.24, 2.45) is 4.99 Å². The second-order valence-electron chi connectivity index (χ2n) is 4.94. The minimum atomic E-state index is -0.621. The van der Waals surface area contributed by atoms with E-state index in [9.17, 15) is 9.50 Å². The molecule has 0 saturated carbocycles. The molecular formula is C16H20FN3OS. The van der Waals surface area contributed by atoms with E-state index in [0.717, 1.165) is 24.6 Å². The monoisotopic (exact) mass is 321 g/mol. The molecule has 6 heteroatoms. The van der Waals surface area contributed by atoms with Crippen LogP contribution in [0.5, 0.6) is 5.75 Å². The van der Waals surface area contributed by atoms with Crippen LogP contribution in [-0.2, 0) is 13.1 Å². The molecule has 0 atom stereocenters. The minimum Gasteiger partial charge on any atom is -0.505 e. The van der Waals surface area contributed by atoms with E-state index >= 15 is 0 Å². The predicted octanol–water partition coefficient (Wildman–Crippen LogP) is 3.19. The average Bonchev–Trinajstić information content (AvgIpc) is 2.99. The number of phenolic OH excluding ortho intramolecular Hbond substituents is 1. The van der Waals surface area contributed by atoms with Gasteiger partial charge in [-0.2, -0.15) is 11.3 Å². The van der Waals surface area contributed by atoms with E-state index in [0.29, 0.717) is 6.54 Å². The summed E-state index contributed by atoms with van der Waals surface area (Å²) in [7, 11) is 1.97. The first kappa shape index (κ1) is 16.3. The molecule has 0 fully saturated rings. The Hall–Kier alpha value is -2.08. The van der Waals surface area contributed by atoms with Gasteiger partial charge in [0.1, 0.15) is 0 Å². The second-order valence-corrected chi connectivity index (χ2v) is 5.72. The molecule has 0 unspecified atom stereocenters. The SMILES string of the molecule is CCNC(=NCc1ccc(O)c(F)c1)N(C)Cc1ccsc1. The largest absolute Gasteiger partial charge is 0.505 e. The summed E-state index contributed by atoms with van der Waals surface area (Å²) in [5, 5.41) is 16.6. The fourth-order valence-electron chi connectivity index (χ4n) is 2.02. The minimum absolute atomic E-state index is 0.339. The molecule has 0 amide bonds. The lowest BCUT2D eigenvalue weighted by molar-refractivity contribution is 0.432. The molecular weight excluding hydrogens is 301 g/mol. The summed E-state index contributed by atoms with van der Waals surface area (Å²) in [5.41, 5.74) is 1.95. The van der Waals surface area contributed by atoms with Crippen molar-refractivity contribution in [1.82, 2.24) is 10.2 Å². The zero-order valence-electron chi connectivity index (χ0n) is 12.7. The van der Waals surface area contributed by atoms with Gasteiger partial charge in [0.25, 0.3) is 0 Å². The first-order valence-electron chi connectivity index (χ1n) is 7.08. The molecule has 118 valence electrons. The number of rotatable bonds is 5. The molecule has 1 aromatic heterocycles. The van der Waals surface area contributed by atoms with Crippen LogP contribution in [0.2, 0.25) is 0 Å². The molecule has 0 bridgehead atoms. The second kappa shape index (κ2) is 7.79. The maximum Gasteiger partial charge on any atom is 0.194 e. The number of nitrogens with zero attached hydrogens (tertiary/aromatic N) is 2. The molecule has 2 aromatic rings. The summed E-state index contributed by atoms with van der Waals surface area (Å²) < 4.78 is 13.3. The zero-order chi connectivity index (χ0) is 15.9. The molecule has 0 saturated heterocycles. The van der Waals surface area contributed by atoms with Crippen LogP contribution < -0.4 is 5.32 Å². The summed E-state index contributed by atoms with van der Waals surface area (Å²) in [6, 6.07) is 6.41. The van der Waals surface area contributed by atoms with Gasteiger partial charge in [-0.15, -0.1) is 0 Å². The number of hydrogen-bond acceptors (Lipinski definition) is 3. The Morgan fingerprint density at radius 3 is 2.82 bits per heavy atom. The highest BCUT2D eigenvalue weighted by atomic mass is 32.1. The van der Waals surface area contributed by atoms with Crippen molar-refractivity contribution in [3.05, 3.63) is 52.0 Å². The van der Waals surface area contributed by atoms with Gasteiger partial charge in [-0.05, 0) is 47.0 Å². The molecule has 22 heavy (non-hydrogen) atoms. The van der Waals surface area contributed by atoms with Crippen LogP contribution in [-0.4, -0.2) is 29.6 Å². The van der Waals surface area contributed by atoms with Crippen LogP contribution in [0.15, 0.2) is 40.0 Å². The number of nitrogens with one attached hydrogen (secondary N) is 1. The van der Waals surface area contributed by atoms with Gasteiger partial charge >= 0.3 is 0 Å². The third-order valence-corrected chi connectivity index (χ3v) is 3.85. The highest BCUT2D eigenvalue weighted by Gasteiger charge is 2.07. The fraction of sp³-hybridized carbons (Fsp3) is 0.312.